The second-order valence-electron chi connectivity index (χ2n) is 10.2. The number of halogens is 2. The molecule has 4 nitrogen and oxygen atoms in total. The first-order chi connectivity index (χ1) is 15.5. The van der Waals surface area contributed by atoms with Crippen molar-refractivity contribution < 1.29 is 10.2 Å². The van der Waals surface area contributed by atoms with Crippen LogP contribution in [0.5, 0.6) is 0 Å². The number of benzene rings is 2. The molecule has 34 heavy (non-hydrogen) atoms. The summed E-state index contributed by atoms with van der Waals surface area (Å²) in [4.78, 5) is 4.76. The van der Waals surface area contributed by atoms with Crippen LogP contribution in [0, 0.1) is 11.8 Å². The van der Waals surface area contributed by atoms with Crippen molar-refractivity contribution in [2.75, 3.05) is 39.3 Å². The van der Waals surface area contributed by atoms with Crippen molar-refractivity contribution in [3.8, 4) is 11.1 Å². The normalized spacial score (nSPS) is 20.2. The molecular weight excluding hydrogens is 556 g/mol. The third-order valence-electron chi connectivity index (χ3n) is 7.54. The maximum atomic E-state index is 10.7. The maximum Gasteiger partial charge on any atom is 0.0916 e. The fourth-order valence-corrected chi connectivity index (χ4v) is 4.98. The van der Waals surface area contributed by atoms with Gasteiger partial charge in [-0.25, -0.2) is 0 Å². The predicted octanol–water partition coefficient (Wildman–Crippen LogP) is 6.04. The minimum absolute atomic E-state index is 0. The van der Waals surface area contributed by atoms with Crippen LogP contribution in [0.15, 0.2) is 48.5 Å². The third kappa shape index (κ3) is 8.14. The highest BCUT2D eigenvalue weighted by Gasteiger charge is 2.20. The molecule has 0 radical (unpaired) electrons. The van der Waals surface area contributed by atoms with E-state index in [1.54, 1.807) is 0 Å². The zero-order valence-electron chi connectivity index (χ0n) is 20.6. The molecule has 190 valence electrons. The van der Waals surface area contributed by atoms with Crippen molar-refractivity contribution >= 4 is 34.0 Å². The fraction of sp³-hybridized carbons (Fsp3) is 0.571. The van der Waals surface area contributed by atoms with Gasteiger partial charge in [0.1, 0.15) is 0 Å². The highest BCUT2D eigenvalue weighted by atomic mass is 79.9. The van der Waals surface area contributed by atoms with E-state index in [1.165, 1.54) is 25.7 Å². The summed E-state index contributed by atoms with van der Waals surface area (Å²) in [5, 5.41) is 21.3. The van der Waals surface area contributed by atoms with Crippen LogP contribution in [0.1, 0.15) is 62.9 Å². The molecule has 0 amide bonds. The molecule has 0 aromatic heterocycles. The maximum absolute atomic E-state index is 10.7. The Morgan fingerprint density at radius 1 is 0.618 bits per heavy atom. The zero-order chi connectivity index (χ0) is 22.5. The molecule has 4 rings (SSSR count). The summed E-state index contributed by atoms with van der Waals surface area (Å²) in [5.74, 6) is 1.62. The molecule has 0 bridgehead atoms. The summed E-state index contributed by atoms with van der Waals surface area (Å²) in [7, 11) is 0. The van der Waals surface area contributed by atoms with Crippen LogP contribution in [-0.4, -0.2) is 59.3 Å². The smallest absolute Gasteiger partial charge is 0.0916 e. The van der Waals surface area contributed by atoms with Gasteiger partial charge in [-0.15, -0.1) is 34.0 Å². The average molecular weight is 598 g/mol. The molecule has 0 aliphatic carbocycles. The van der Waals surface area contributed by atoms with E-state index < -0.39 is 12.2 Å². The molecule has 0 saturated carbocycles. The number of aliphatic hydroxyl groups is 2. The van der Waals surface area contributed by atoms with E-state index in [0.717, 1.165) is 60.3 Å². The van der Waals surface area contributed by atoms with Gasteiger partial charge in [0.05, 0.1) is 12.2 Å². The van der Waals surface area contributed by atoms with E-state index in [1.807, 2.05) is 24.3 Å². The number of likely N-dealkylation sites (tertiary alicyclic amines) is 2. The van der Waals surface area contributed by atoms with Crippen LogP contribution in [-0.2, 0) is 0 Å². The van der Waals surface area contributed by atoms with E-state index in [2.05, 4.69) is 47.9 Å². The summed E-state index contributed by atoms with van der Waals surface area (Å²) >= 11 is 0. The second kappa shape index (κ2) is 14.1. The van der Waals surface area contributed by atoms with E-state index >= 15 is 0 Å². The van der Waals surface area contributed by atoms with Gasteiger partial charge >= 0.3 is 0 Å². The standard InChI is InChI=1S/C28H40N2O2.2BrH/c1-21-11-15-29(16-12-21)19-27(31)25-7-3-23(4-8-25)24-5-9-26(10-6-24)28(32)20-30-17-13-22(2)14-18-30;;/h3-10,21-22,27-28,31-32H,11-20H2,1-2H3;2*1H. The van der Waals surface area contributed by atoms with Gasteiger partial charge < -0.3 is 20.0 Å². The molecule has 6 heteroatoms. The van der Waals surface area contributed by atoms with E-state index in [4.69, 9.17) is 0 Å². The molecule has 2 saturated heterocycles. The van der Waals surface area contributed by atoms with Crippen molar-refractivity contribution in [2.45, 2.75) is 51.7 Å². The first-order valence-corrected chi connectivity index (χ1v) is 12.5. The summed E-state index contributed by atoms with van der Waals surface area (Å²) in [6, 6.07) is 16.6. The zero-order valence-corrected chi connectivity index (χ0v) is 24.0. The SMILES string of the molecule is Br.Br.CC1CCN(CC(O)c2ccc(-c3ccc(C(O)CN4CCC(C)CC4)cc3)cc2)CC1. The van der Waals surface area contributed by atoms with Crippen molar-refractivity contribution in [1.82, 2.24) is 9.80 Å². The van der Waals surface area contributed by atoms with E-state index in [-0.39, 0.29) is 34.0 Å². The molecule has 2 heterocycles. The topological polar surface area (TPSA) is 46.9 Å². The monoisotopic (exact) mass is 596 g/mol. The van der Waals surface area contributed by atoms with Crippen molar-refractivity contribution in [3.05, 3.63) is 59.7 Å². The predicted molar refractivity (Wildman–Crippen MR) is 152 cm³/mol. The van der Waals surface area contributed by atoms with Crippen LogP contribution in [0.4, 0.5) is 0 Å². The second-order valence-corrected chi connectivity index (χ2v) is 10.2. The van der Waals surface area contributed by atoms with Crippen LogP contribution in [0.2, 0.25) is 0 Å². The van der Waals surface area contributed by atoms with E-state index in [0.29, 0.717) is 13.1 Å². The molecule has 2 aromatic rings. The Labute approximate surface area is 226 Å². The Morgan fingerprint density at radius 3 is 1.21 bits per heavy atom. The van der Waals surface area contributed by atoms with Gasteiger partial charge in [0.15, 0.2) is 0 Å². The van der Waals surface area contributed by atoms with Gasteiger partial charge in [-0.05, 0) is 86.0 Å². The van der Waals surface area contributed by atoms with Crippen LogP contribution in [0.3, 0.4) is 0 Å². The number of piperidine rings is 2. The summed E-state index contributed by atoms with van der Waals surface area (Å²) in [6.45, 7) is 10.4. The Morgan fingerprint density at radius 2 is 0.912 bits per heavy atom. The molecular formula is C28H42Br2N2O2. The van der Waals surface area contributed by atoms with Crippen molar-refractivity contribution in [3.63, 3.8) is 0 Å². The Kier molecular flexibility index (Phi) is 12.2. The number of aliphatic hydroxyl groups excluding tert-OH is 2. The van der Waals surface area contributed by atoms with Crippen LogP contribution in [0.25, 0.3) is 11.1 Å². The summed E-state index contributed by atoms with van der Waals surface area (Å²) in [5.41, 5.74) is 4.24. The molecule has 2 aliphatic heterocycles. The lowest BCUT2D eigenvalue weighted by Crippen LogP contribution is -2.35. The average Bonchev–Trinajstić information content (AvgIpc) is 2.82. The number of nitrogens with zero attached hydrogens (tertiary/aromatic N) is 2. The first kappa shape index (κ1) is 29.5. The Balaban J connectivity index is 0.00000204. The molecule has 2 unspecified atom stereocenters. The number of hydrogen-bond donors (Lipinski definition) is 2. The molecule has 2 atom stereocenters. The lowest BCUT2D eigenvalue weighted by atomic mass is 9.97. The van der Waals surface area contributed by atoms with Gasteiger partial charge in [0.25, 0.3) is 0 Å². The van der Waals surface area contributed by atoms with Gasteiger partial charge in [-0.2, -0.15) is 0 Å². The van der Waals surface area contributed by atoms with E-state index in [9.17, 15) is 10.2 Å². The quantitative estimate of drug-likeness (QED) is 0.408. The molecule has 0 spiro atoms. The fourth-order valence-electron chi connectivity index (χ4n) is 4.98. The molecule has 2 fully saturated rings. The lowest BCUT2D eigenvalue weighted by molar-refractivity contribution is 0.0915. The highest BCUT2D eigenvalue weighted by Crippen LogP contribution is 2.26. The van der Waals surface area contributed by atoms with Crippen molar-refractivity contribution in [1.29, 1.82) is 0 Å². The van der Waals surface area contributed by atoms with Crippen LogP contribution >= 0.6 is 34.0 Å². The largest absolute Gasteiger partial charge is 0.387 e. The Hall–Kier alpha value is -0.760. The van der Waals surface area contributed by atoms with Gasteiger partial charge in [-0.1, -0.05) is 62.4 Å². The van der Waals surface area contributed by atoms with Crippen LogP contribution < -0.4 is 0 Å². The first-order valence-electron chi connectivity index (χ1n) is 12.5. The van der Waals surface area contributed by atoms with Gasteiger partial charge in [0, 0.05) is 13.1 Å². The highest BCUT2D eigenvalue weighted by molar-refractivity contribution is 8.93. The molecule has 2 N–H and O–H groups in total. The van der Waals surface area contributed by atoms with Crippen molar-refractivity contribution in [2.24, 2.45) is 11.8 Å². The molecule has 2 aromatic carbocycles. The third-order valence-corrected chi connectivity index (χ3v) is 7.54. The van der Waals surface area contributed by atoms with Gasteiger partial charge in [-0.3, -0.25) is 0 Å². The summed E-state index contributed by atoms with van der Waals surface area (Å²) in [6.07, 6.45) is 4.04. The number of hydrogen-bond acceptors (Lipinski definition) is 4. The minimum Gasteiger partial charge on any atom is -0.387 e. The number of β-amino-alcohol motifs (C(OH)–C–C–N with tert-alkyl or cyclic N) is 2. The summed E-state index contributed by atoms with van der Waals surface area (Å²) < 4.78 is 0. The van der Waals surface area contributed by atoms with Gasteiger partial charge in [0.2, 0.25) is 0 Å². The Bertz CT molecular complexity index is 759. The molecule has 2 aliphatic rings. The minimum atomic E-state index is -0.437. The lowest BCUT2D eigenvalue weighted by Gasteiger charge is -2.31. The number of rotatable bonds is 7.